The molecule has 29 heavy (non-hydrogen) atoms. The third-order valence-corrected chi connectivity index (χ3v) is 4.72. The summed E-state index contributed by atoms with van der Waals surface area (Å²) < 4.78 is 15.2. The quantitative estimate of drug-likeness (QED) is 0.417. The Morgan fingerprint density at radius 3 is 2.48 bits per heavy atom. The lowest BCUT2D eigenvalue weighted by Gasteiger charge is -2.22. The molecule has 0 aromatic heterocycles. The van der Waals surface area contributed by atoms with E-state index in [1.165, 1.54) is 14.2 Å². The van der Waals surface area contributed by atoms with E-state index >= 15 is 0 Å². The number of carbonyl (C=O) groups is 2. The van der Waals surface area contributed by atoms with Gasteiger partial charge in [0.05, 0.1) is 25.2 Å². The Kier molecular flexibility index (Phi) is 5.67. The standard InChI is InChI=1S/C20H20N2O7/c1-12-8-13-6-4-5-7-15(13)21(12)19(23)11-29-20(24)14-9-17(27-2)18(28-3)10-16(14)22(25)26/h4-7,9-10,12H,8,11H2,1-3H3/t12-/m0/s1. The Morgan fingerprint density at radius 2 is 1.83 bits per heavy atom. The van der Waals surface area contributed by atoms with Crippen molar-refractivity contribution in [3.8, 4) is 11.5 Å². The molecule has 2 aromatic rings. The topological polar surface area (TPSA) is 108 Å². The zero-order valence-corrected chi connectivity index (χ0v) is 16.2. The van der Waals surface area contributed by atoms with Gasteiger partial charge < -0.3 is 19.1 Å². The van der Waals surface area contributed by atoms with Gasteiger partial charge in [-0.05, 0) is 25.0 Å². The summed E-state index contributed by atoms with van der Waals surface area (Å²) in [7, 11) is 2.67. The molecule has 2 aromatic carbocycles. The molecule has 152 valence electrons. The fraction of sp³-hybridized carbons (Fsp3) is 0.300. The van der Waals surface area contributed by atoms with Crippen molar-refractivity contribution in [3.05, 3.63) is 57.6 Å². The number of fused-ring (bicyclic) bond motifs is 1. The first-order chi connectivity index (χ1) is 13.9. The van der Waals surface area contributed by atoms with Crippen LogP contribution in [-0.2, 0) is 16.0 Å². The first-order valence-electron chi connectivity index (χ1n) is 8.84. The summed E-state index contributed by atoms with van der Waals surface area (Å²) in [5, 5.41) is 11.3. The summed E-state index contributed by atoms with van der Waals surface area (Å²) in [6, 6.07) is 9.67. The lowest BCUT2D eigenvalue weighted by atomic mass is 10.1. The molecule has 0 spiro atoms. The van der Waals surface area contributed by atoms with E-state index in [4.69, 9.17) is 14.2 Å². The molecule has 9 nitrogen and oxygen atoms in total. The van der Waals surface area contributed by atoms with E-state index in [-0.39, 0.29) is 23.1 Å². The van der Waals surface area contributed by atoms with Crippen LogP contribution in [0.25, 0.3) is 0 Å². The number of methoxy groups -OCH3 is 2. The van der Waals surface area contributed by atoms with Gasteiger partial charge >= 0.3 is 5.97 Å². The van der Waals surface area contributed by atoms with E-state index in [9.17, 15) is 19.7 Å². The Labute approximate surface area is 166 Å². The van der Waals surface area contributed by atoms with Gasteiger partial charge in [0.25, 0.3) is 11.6 Å². The van der Waals surface area contributed by atoms with Crippen LogP contribution in [-0.4, -0.2) is 43.7 Å². The van der Waals surface area contributed by atoms with E-state index in [1.807, 2.05) is 31.2 Å². The molecule has 0 unspecified atom stereocenters. The zero-order chi connectivity index (χ0) is 21.1. The van der Waals surface area contributed by atoms with Crippen LogP contribution in [0, 0.1) is 10.1 Å². The normalized spacial score (nSPS) is 14.9. The van der Waals surface area contributed by atoms with Crippen molar-refractivity contribution in [1.29, 1.82) is 0 Å². The summed E-state index contributed by atoms with van der Waals surface area (Å²) >= 11 is 0. The largest absolute Gasteiger partial charge is 0.493 e. The molecule has 1 amide bonds. The van der Waals surface area contributed by atoms with Gasteiger partial charge in [0.2, 0.25) is 0 Å². The second-order valence-electron chi connectivity index (χ2n) is 6.50. The van der Waals surface area contributed by atoms with Gasteiger partial charge in [0, 0.05) is 17.8 Å². The van der Waals surface area contributed by atoms with Gasteiger partial charge in [0.1, 0.15) is 5.56 Å². The van der Waals surface area contributed by atoms with E-state index < -0.39 is 29.1 Å². The number of nitrogens with zero attached hydrogens (tertiary/aromatic N) is 2. The van der Waals surface area contributed by atoms with Gasteiger partial charge in [0.15, 0.2) is 18.1 Å². The number of hydrogen-bond donors (Lipinski definition) is 0. The fourth-order valence-corrected chi connectivity index (χ4v) is 3.40. The number of para-hydroxylation sites is 1. The number of ether oxygens (including phenoxy) is 3. The highest BCUT2D eigenvalue weighted by atomic mass is 16.6. The number of nitro benzene ring substituents is 1. The predicted molar refractivity (Wildman–Crippen MR) is 104 cm³/mol. The molecule has 0 aliphatic carbocycles. The number of esters is 1. The summed E-state index contributed by atoms with van der Waals surface area (Å²) in [4.78, 5) is 37.4. The van der Waals surface area contributed by atoms with Gasteiger partial charge in [-0.2, -0.15) is 0 Å². The van der Waals surface area contributed by atoms with Crippen molar-refractivity contribution in [2.24, 2.45) is 0 Å². The van der Waals surface area contributed by atoms with Crippen LogP contribution < -0.4 is 14.4 Å². The van der Waals surface area contributed by atoms with E-state index in [0.29, 0.717) is 6.42 Å². The second-order valence-corrected chi connectivity index (χ2v) is 6.50. The summed E-state index contributed by atoms with van der Waals surface area (Å²) in [5.41, 5.74) is 0.989. The SMILES string of the molecule is COc1cc(C(=O)OCC(=O)N2c3ccccc3C[C@@H]2C)c([N+](=O)[O-])cc1OC. The lowest BCUT2D eigenvalue weighted by Crippen LogP contribution is -2.38. The number of benzene rings is 2. The Balaban J connectivity index is 1.79. The maximum absolute atomic E-state index is 12.7. The molecule has 0 radical (unpaired) electrons. The molecular formula is C20H20N2O7. The number of carbonyl (C=O) groups excluding carboxylic acids is 2. The molecule has 0 N–H and O–H groups in total. The third-order valence-electron chi connectivity index (χ3n) is 4.72. The molecule has 1 aliphatic rings. The van der Waals surface area contributed by atoms with Crippen LogP contribution in [0.3, 0.4) is 0 Å². The minimum Gasteiger partial charge on any atom is -0.493 e. The first-order valence-corrected chi connectivity index (χ1v) is 8.84. The number of amides is 1. The number of rotatable bonds is 6. The summed E-state index contributed by atoms with van der Waals surface area (Å²) in [6.45, 7) is 1.36. The van der Waals surface area contributed by atoms with Crippen LogP contribution >= 0.6 is 0 Å². The minimum atomic E-state index is -0.994. The van der Waals surface area contributed by atoms with Crippen LogP contribution in [0.2, 0.25) is 0 Å². The molecule has 1 heterocycles. The average molecular weight is 400 g/mol. The number of anilines is 1. The molecule has 0 bridgehead atoms. The van der Waals surface area contributed by atoms with E-state index in [0.717, 1.165) is 23.4 Å². The maximum atomic E-state index is 12.7. The monoisotopic (exact) mass is 400 g/mol. The van der Waals surface area contributed by atoms with Gasteiger partial charge in [-0.3, -0.25) is 14.9 Å². The molecule has 0 saturated carbocycles. The summed E-state index contributed by atoms with van der Waals surface area (Å²) in [5.74, 6) is -1.15. The highest BCUT2D eigenvalue weighted by molar-refractivity contribution is 6.00. The van der Waals surface area contributed by atoms with E-state index in [2.05, 4.69) is 0 Å². The predicted octanol–water partition coefficient (Wildman–Crippen LogP) is 2.75. The number of nitro groups is 1. The van der Waals surface area contributed by atoms with Gasteiger partial charge in [-0.1, -0.05) is 18.2 Å². The summed E-state index contributed by atoms with van der Waals surface area (Å²) in [6.07, 6.45) is 0.705. The molecule has 1 aliphatic heterocycles. The Morgan fingerprint density at radius 1 is 1.17 bits per heavy atom. The lowest BCUT2D eigenvalue weighted by molar-refractivity contribution is -0.385. The minimum absolute atomic E-state index is 0.0750. The van der Waals surface area contributed by atoms with Crippen LogP contribution in [0.15, 0.2) is 36.4 Å². The molecule has 1 atom stereocenters. The highest BCUT2D eigenvalue weighted by Crippen LogP contribution is 2.35. The van der Waals surface area contributed by atoms with Crippen molar-refractivity contribution in [3.63, 3.8) is 0 Å². The molecule has 9 heteroatoms. The Bertz CT molecular complexity index is 973. The van der Waals surface area contributed by atoms with Crippen LogP contribution in [0.1, 0.15) is 22.8 Å². The van der Waals surface area contributed by atoms with Crippen LogP contribution in [0.5, 0.6) is 11.5 Å². The van der Waals surface area contributed by atoms with Gasteiger partial charge in [-0.25, -0.2) is 4.79 Å². The van der Waals surface area contributed by atoms with Crippen molar-refractivity contribution in [2.75, 3.05) is 25.7 Å². The smallest absolute Gasteiger partial charge is 0.345 e. The second kappa shape index (κ2) is 8.17. The van der Waals surface area contributed by atoms with Crippen molar-refractivity contribution >= 4 is 23.3 Å². The molecule has 3 rings (SSSR count). The highest BCUT2D eigenvalue weighted by Gasteiger charge is 2.32. The molecule has 0 saturated heterocycles. The van der Waals surface area contributed by atoms with E-state index in [1.54, 1.807) is 4.90 Å². The maximum Gasteiger partial charge on any atom is 0.345 e. The van der Waals surface area contributed by atoms with Crippen LogP contribution in [0.4, 0.5) is 11.4 Å². The molecule has 0 fully saturated rings. The zero-order valence-electron chi connectivity index (χ0n) is 16.2. The van der Waals surface area contributed by atoms with Gasteiger partial charge in [-0.15, -0.1) is 0 Å². The fourth-order valence-electron chi connectivity index (χ4n) is 3.40. The van der Waals surface area contributed by atoms with Crippen molar-refractivity contribution in [2.45, 2.75) is 19.4 Å². The average Bonchev–Trinajstić information content (AvgIpc) is 3.06. The number of hydrogen-bond acceptors (Lipinski definition) is 7. The Hall–Kier alpha value is -3.62. The van der Waals surface area contributed by atoms with Crippen molar-refractivity contribution in [1.82, 2.24) is 0 Å². The third kappa shape index (κ3) is 3.84. The van der Waals surface area contributed by atoms with Crippen molar-refractivity contribution < 1.29 is 28.7 Å². The first kappa shape index (κ1) is 20.1. The molecular weight excluding hydrogens is 380 g/mol.